The van der Waals surface area contributed by atoms with Gasteiger partial charge in [-0.05, 0) is 23.8 Å². The normalized spacial score (nSPS) is 11.4. The summed E-state index contributed by atoms with van der Waals surface area (Å²) in [7, 11) is 1.50. The molecule has 106 valence electrons. The first kappa shape index (κ1) is 15.2. The number of nitrogens with one attached hydrogen (secondary N) is 1. The van der Waals surface area contributed by atoms with Crippen LogP contribution in [0.5, 0.6) is 0 Å². The molecule has 0 aliphatic heterocycles. The molecule has 7 heteroatoms. The van der Waals surface area contributed by atoms with Crippen molar-refractivity contribution >= 4 is 11.7 Å². The van der Waals surface area contributed by atoms with Crippen LogP contribution >= 0.6 is 0 Å². The van der Waals surface area contributed by atoms with E-state index in [0.717, 1.165) is 0 Å². The number of amides is 1. The first-order valence-electron chi connectivity index (χ1n) is 6.23. The van der Waals surface area contributed by atoms with Crippen LogP contribution in [0.1, 0.15) is 37.2 Å². The quantitative estimate of drug-likeness (QED) is 0.597. The molecule has 1 heterocycles. The van der Waals surface area contributed by atoms with Crippen molar-refractivity contribution in [1.82, 2.24) is 9.88 Å². The van der Waals surface area contributed by atoms with E-state index in [9.17, 15) is 14.9 Å². The Hall–Kier alpha value is -1.89. The molecular formula is C12H20N4O3. The van der Waals surface area contributed by atoms with Crippen LogP contribution in [0.25, 0.3) is 0 Å². The molecule has 0 saturated carbocycles. The molecule has 3 N–H and O–H groups in total. The van der Waals surface area contributed by atoms with E-state index in [1.165, 1.54) is 23.7 Å². The van der Waals surface area contributed by atoms with Crippen LogP contribution in [-0.4, -0.2) is 27.5 Å². The average Bonchev–Trinajstić information content (AvgIpc) is 2.78. The zero-order chi connectivity index (χ0) is 14.6. The predicted molar refractivity (Wildman–Crippen MR) is 71.9 cm³/mol. The van der Waals surface area contributed by atoms with Crippen molar-refractivity contribution < 1.29 is 9.72 Å². The molecular weight excluding hydrogens is 248 g/mol. The third-order valence-corrected chi connectivity index (χ3v) is 3.64. The van der Waals surface area contributed by atoms with E-state index < -0.39 is 10.5 Å². The summed E-state index contributed by atoms with van der Waals surface area (Å²) in [6.45, 7) is 4.23. The Labute approximate surface area is 111 Å². The van der Waals surface area contributed by atoms with Gasteiger partial charge in [0.15, 0.2) is 5.69 Å². The zero-order valence-electron chi connectivity index (χ0n) is 11.5. The van der Waals surface area contributed by atoms with Gasteiger partial charge in [-0.25, -0.2) is 4.57 Å². The van der Waals surface area contributed by atoms with Gasteiger partial charge in [0.05, 0.1) is 12.6 Å². The summed E-state index contributed by atoms with van der Waals surface area (Å²) in [5.41, 5.74) is 5.51. The van der Waals surface area contributed by atoms with E-state index in [0.29, 0.717) is 19.4 Å². The van der Waals surface area contributed by atoms with E-state index in [1.807, 2.05) is 13.8 Å². The molecule has 19 heavy (non-hydrogen) atoms. The monoisotopic (exact) mass is 268 g/mol. The predicted octanol–water partition coefficient (Wildman–Crippen LogP) is 1.18. The van der Waals surface area contributed by atoms with Gasteiger partial charge in [0.2, 0.25) is 0 Å². The number of rotatable bonds is 6. The molecule has 1 aromatic heterocycles. The highest BCUT2D eigenvalue weighted by molar-refractivity contribution is 5.93. The lowest BCUT2D eigenvalue weighted by Crippen LogP contribution is -2.53. The summed E-state index contributed by atoms with van der Waals surface area (Å²) in [4.78, 5) is 22.4. The van der Waals surface area contributed by atoms with Gasteiger partial charge >= 0.3 is 5.82 Å². The van der Waals surface area contributed by atoms with Crippen molar-refractivity contribution in [3.8, 4) is 0 Å². The number of nitrogens with two attached hydrogens (primary N) is 1. The van der Waals surface area contributed by atoms with Crippen molar-refractivity contribution in [1.29, 1.82) is 0 Å². The smallest absolute Gasteiger partial charge is 0.323 e. The molecule has 0 saturated heterocycles. The van der Waals surface area contributed by atoms with Crippen molar-refractivity contribution in [2.45, 2.75) is 32.2 Å². The highest BCUT2D eigenvalue weighted by Gasteiger charge is 2.29. The number of hydrogen-bond donors (Lipinski definition) is 2. The summed E-state index contributed by atoms with van der Waals surface area (Å²) in [6.07, 6.45) is 1.41. The van der Waals surface area contributed by atoms with Gasteiger partial charge in [0.1, 0.15) is 0 Å². The second-order valence-electron chi connectivity index (χ2n) is 4.54. The van der Waals surface area contributed by atoms with Crippen LogP contribution in [0.15, 0.2) is 12.1 Å². The first-order valence-corrected chi connectivity index (χ1v) is 6.23. The fraction of sp³-hybridized carbons (Fsp3) is 0.583. The Balaban J connectivity index is 2.99. The second-order valence-corrected chi connectivity index (χ2v) is 4.54. The lowest BCUT2D eigenvalue weighted by Gasteiger charge is -2.31. The van der Waals surface area contributed by atoms with E-state index in [2.05, 4.69) is 5.32 Å². The number of nitrogens with zero attached hydrogens (tertiary/aromatic N) is 2. The van der Waals surface area contributed by atoms with Crippen molar-refractivity contribution in [2.75, 3.05) is 6.54 Å². The van der Waals surface area contributed by atoms with Gasteiger partial charge < -0.3 is 21.2 Å². The Bertz CT molecular complexity index is 469. The molecule has 0 fully saturated rings. The number of carbonyl (C=O) groups excluding carboxylic acids is 1. The molecule has 0 bridgehead atoms. The Kier molecular flexibility index (Phi) is 4.66. The first-order chi connectivity index (χ1) is 8.90. The Morgan fingerprint density at radius 1 is 1.47 bits per heavy atom. The van der Waals surface area contributed by atoms with Gasteiger partial charge in [0.25, 0.3) is 5.91 Å². The number of carbonyl (C=O) groups is 1. The largest absolute Gasteiger partial charge is 0.358 e. The zero-order valence-corrected chi connectivity index (χ0v) is 11.5. The molecule has 0 spiro atoms. The molecule has 0 atom stereocenters. The molecule has 0 unspecified atom stereocenters. The third-order valence-electron chi connectivity index (χ3n) is 3.64. The van der Waals surface area contributed by atoms with Crippen LogP contribution in [0.3, 0.4) is 0 Å². The van der Waals surface area contributed by atoms with Crippen LogP contribution in [0.4, 0.5) is 5.82 Å². The number of aromatic nitrogens is 1. The molecule has 0 aliphatic carbocycles. The van der Waals surface area contributed by atoms with Gasteiger partial charge in [-0.15, -0.1) is 0 Å². The second kappa shape index (κ2) is 5.83. The Morgan fingerprint density at radius 2 is 2.05 bits per heavy atom. The summed E-state index contributed by atoms with van der Waals surface area (Å²) in [5.74, 6) is -0.457. The maximum Gasteiger partial charge on any atom is 0.323 e. The standard InChI is InChI=1S/C12H20N4O3/c1-4-12(5-2,8-13)14-11(17)9-6-7-10(15(9)3)16(18)19/h6-7H,4-5,8,13H2,1-3H3,(H,14,17). The van der Waals surface area contributed by atoms with E-state index in [-0.39, 0.29) is 17.4 Å². The topological polar surface area (TPSA) is 103 Å². The molecule has 1 rings (SSSR count). The highest BCUT2D eigenvalue weighted by Crippen LogP contribution is 2.18. The third kappa shape index (κ3) is 2.93. The minimum Gasteiger partial charge on any atom is -0.358 e. The summed E-state index contributed by atoms with van der Waals surface area (Å²) < 4.78 is 1.27. The fourth-order valence-electron chi connectivity index (χ4n) is 1.98. The lowest BCUT2D eigenvalue weighted by atomic mass is 9.93. The van der Waals surface area contributed by atoms with E-state index >= 15 is 0 Å². The van der Waals surface area contributed by atoms with Gasteiger partial charge in [-0.1, -0.05) is 13.8 Å². The average molecular weight is 268 g/mol. The number of nitro groups is 1. The van der Waals surface area contributed by atoms with Gasteiger partial charge in [0, 0.05) is 12.6 Å². The maximum atomic E-state index is 12.2. The van der Waals surface area contributed by atoms with Crippen molar-refractivity contribution in [2.24, 2.45) is 12.8 Å². The highest BCUT2D eigenvalue weighted by atomic mass is 16.6. The van der Waals surface area contributed by atoms with E-state index in [1.54, 1.807) is 0 Å². The Morgan fingerprint density at radius 3 is 2.42 bits per heavy atom. The maximum absolute atomic E-state index is 12.2. The van der Waals surface area contributed by atoms with Crippen molar-refractivity contribution in [3.63, 3.8) is 0 Å². The number of hydrogen-bond acceptors (Lipinski definition) is 4. The lowest BCUT2D eigenvalue weighted by molar-refractivity contribution is -0.391. The van der Waals surface area contributed by atoms with E-state index in [4.69, 9.17) is 5.73 Å². The SMILES string of the molecule is CCC(CC)(CN)NC(=O)c1ccc([N+](=O)[O-])n1C. The van der Waals surface area contributed by atoms with Crippen LogP contribution < -0.4 is 11.1 Å². The molecule has 0 aromatic carbocycles. The minimum absolute atomic E-state index is 0.114. The van der Waals surface area contributed by atoms with Gasteiger partial charge in [-0.2, -0.15) is 0 Å². The molecule has 1 amide bonds. The van der Waals surface area contributed by atoms with Crippen molar-refractivity contribution in [3.05, 3.63) is 27.9 Å². The fourth-order valence-corrected chi connectivity index (χ4v) is 1.98. The van der Waals surface area contributed by atoms with Crippen LogP contribution in [0.2, 0.25) is 0 Å². The summed E-state index contributed by atoms with van der Waals surface area (Å²) in [5, 5.41) is 13.6. The van der Waals surface area contributed by atoms with Crippen LogP contribution in [0, 0.1) is 10.1 Å². The molecule has 0 aliphatic rings. The summed E-state index contributed by atoms with van der Waals surface area (Å²) in [6, 6.07) is 2.76. The van der Waals surface area contributed by atoms with Crippen LogP contribution in [-0.2, 0) is 7.05 Å². The molecule has 7 nitrogen and oxygen atoms in total. The van der Waals surface area contributed by atoms with Gasteiger partial charge in [-0.3, -0.25) is 4.79 Å². The minimum atomic E-state index is -0.521. The summed E-state index contributed by atoms with van der Waals surface area (Å²) >= 11 is 0. The molecule has 0 radical (unpaired) electrons. The molecule has 1 aromatic rings.